The summed E-state index contributed by atoms with van der Waals surface area (Å²) in [6, 6.07) is 5.57. The molecule has 0 saturated carbocycles. The SMILES string of the molecule is Cn1cnc(S(=O)(=O)NCCn2ccnc2-c2ccccn2)c1. The van der Waals surface area contributed by atoms with Gasteiger partial charge in [-0.1, -0.05) is 6.07 Å². The number of imidazole rings is 2. The van der Waals surface area contributed by atoms with E-state index >= 15 is 0 Å². The minimum absolute atomic E-state index is 0.00980. The smallest absolute Gasteiger partial charge is 0.259 e. The van der Waals surface area contributed by atoms with Crippen LogP contribution in [0.1, 0.15) is 0 Å². The number of nitrogens with zero attached hydrogens (tertiary/aromatic N) is 5. The summed E-state index contributed by atoms with van der Waals surface area (Å²) >= 11 is 0. The van der Waals surface area contributed by atoms with Crippen LogP contribution in [0.3, 0.4) is 0 Å². The van der Waals surface area contributed by atoms with Crippen LogP contribution in [0.4, 0.5) is 0 Å². The van der Waals surface area contributed by atoms with Gasteiger partial charge in [-0.3, -0.25) is 4.98 Å². The van der Waals surface area contributed by atoms with Crippen LogP contribution in [-0.4, -0.2) is 39.0 Å². The van der Waals surface area contributed by atoms with Crippen LogP contribution in [0.2, 0.25) is 0 Å². The first kappa shape index (κ1) is 15.4. The molecule has 0 atom stereocenters. The fourth-order valence-electron chi connectivity index (χ4n) is 2.12. The van der Waals surface area contributed by atoms with Gasteiger partial charge < -0.3 is 9.13 Å². The van der Waals surface area contributed by atoms with Gasteiger partial charge in [-0.2, -0.15) is 0 Å². The van der Waals surface area contributed by atoms with Crippen molar-refractivity contribution in [3.63, 3.8) is 0 Å². The van der Waals surface area contributed by atoms with Crippen molar-refractivity contribution >= 4 is 10.0 Å². The maximum atomic E-state index is 12.1. The summed E-state index contributed by atoms with van der Waals surface area (Å²) in [6.07, 6.45) is 8.05. The van der Waals surface area contributed by atoms with Gasteiger partial charge in [0.25, 0.3) is 10.0 Å². The van der Waals surface area contributed by atoms with Gasteiger partial charge >= 0.3 is 0 Å². The monoisotopic (exact) mass is 332 g/mol. The van der Waals surface area contributed by atoms with Gasteiger partial charge in [0.15, 0.2) is 10.9 Å². The molecule has 0 bridgehead atoms. The molecule has 1 N–H and O–H groups in total. The summed E-state index contributed by atoms with van der Waals surface area (Å²) in [5.74, 6) is 0.697. The zero-order valence-corrected chi connectivity index (χ0v) is 13.3. The lowest BCUT2D eigenvalue weighted by Crippen LogP contribution is -2.27. The van der Waals surface area contributed by atoms with Crippen LogP contribution < -0.4 is 4.72 Å². The molecule has 0 saturated heterocycles. The Morgan fingerprint density at radius 1 is 1.17 bits per heavy atom. The number of pyridine rings is 1. The molecular weight excluding hydrogens is 316 g/mol. The molecule has 3 aromatic heterocycles. The lowest BCUT2D eigenvalue weighted by molar-refractivity contribution is 0.570. The molecule has 3 heterocycles. The molecule has 23 heavy (non-hydrogen) atoms. The highest BCUT2D eigenvalue weighted by Crippen LogP contribution is 2.13. The van der Waals surface area contributed by atoms with Crippen LogP contribution in [0.15, 0.2) is 54.3 Å². The van der Waals surface area contributed by atoms with Gasteiger partial charge in [-0.05, 0) is 12.1 Å². The Bertz CT molecular complexity index is 885. The van der Waals surface area contributed by atoms with E-state index in [2.05, 4.69) is 19.7 Å². The van der Waals surface area contributed by atoms with Crippen LogP contribution >= 0.6 is 0 Å². The van der Waals surface area contributed by atoms with Crippen molar-refractivity contribution in [2.45, 2.75) is 11.6 Å². The average Bonchev–Trinajstić information content (AvgIpc) is 3.17. The highest BCUT2D eigenvalue weighted by Gasteiger charge is 2.16. The quantitative estimate of drug-likeness (QED) is 0.715. The Morgan fingerprint density at radius 2 is 2.04 bits per heavy atom. The molecule has 0 unspecified atom stereocenters. The molecule has 9 heteroatoms. The van der Waals surface area contributed by atoms with Gasteiger partial charge in [0, 0.05) is 44.9 Å². The first-order chi connectivity index (χ1) is 11.1. The van der Waals surface area contributed by atoms with E-state index in [0.717, 1.165) is 5.69 Å². The van der Waals surface area contributed by atoms with Gasteiger partial charge in [0.1, 0.15) is 5.69 Å². The summed E-state index contributed by atoms with van der Waals surface area (Å²) < 4.78 is 30.2. The van der Waals surface area contributed by atoms with Gasteiger partial charge in [0.2, 0.25) is 0 Å². The normalized spacial score (nSPS) is 11.7. The third-order valence-corrected chi connectivity index (χ3v) is 4.56. The van der Waals surface area contributed by atoms with Crippen molar-refractivity contribution in [1.82, 2.24) is 28.8 Å². The standard InChI is InChI=1S/C14H16N6O2S/c1-19-10-13(17-11-19)23(21,22)18-7-9-20-8-6-16-14(20)12-4-2-3-5-15-12/h2-6,8,10-11,18H,7,9H2,1H3. The lowest BCUT2D eigenvalue weighted by Gasteiger charge is -2.08. The van der Waals surface area contributed by atoms with Crippen LogP contribution in [-0.2, 0) is 23.6 Å². The predicted molar refractivity (Wildman–Crippen MR) is 83.9 cm³/mol. The Morgan fingerprint density at radius 3 is 2.74 bits per heavy atom. The van der Waals surface area contributed by atoms with E-state index in [1.807, 2.05) is 22.8 Å². The van der Waals surface area contributed by atoms with E-state index < -0.39 is 10.0 Å². The zero-order chi connectivity index (χ0) is 16.3. The summed E-state index contributed by atoms with van der Waals surface area (Å²) in [5.41, 5.74) is 0.741. The molecule has 8 nitrogen and oxygen atoms in total. The second kappa shape index (κ2) is 6.31. The third-order valence-electron chi connectivity index (χ3n) is 3.21. The molecular formula is C14H16N6O2S. The molecule has 120 valence electrons. The number of nitrogens with one attached hydrogen (secondary N) is 1. The minimum atomic E-state index is -3.60. The zero-order valence-electron chi connectivity index (χ0n) is 12.5. The number of aryl methyl sites for hydroxylation is 1. The highest BCUT2D eigenvalue weighted by atomic mass is 32.2. The molecule has 0 aliphatic heterocycles. The summed E-state index contributed by atoms with van der Waals surface area (Å²) in [6.45, 7) is 0.674. The number of sulfonamides is 1. The van der Waals surface area contributed by atoms with Crippen molar-refractivity contribution in [2.24, 2.45) is 7.05 Å². The Labute approximate surface area is 133 Å². The molecule has 3 rings (SSSR count). The van der Waals surface area contributed by atoms with Crippen LogP contribution in [0.5, 0.6) is 0 Å². The fraction of sp³-hybridized carbons (Fsp3) is 0.214. The number of rotatable bonds is 6. The van der Waals surface area contributed by atoms with E-state index in [9.17, 15) is 8.42 Å². The first-order valence-corrected chi connectivity index (χ1v) is 8.45. The maximum absolute atomic E-state index is 12.1. The van der Waals surface area contributed by atoms with Crippen LogP contribution in [0.25, 0.3) is 11.5 Å². The predicted octanol–water partition coefficient (Wildman–Crippen LogP) is 0.657. The van der Waals surface area contributed by atoms with E-state index in [0.29, 0.717) is 12.4 Å². The van der Waals surface area contributed by atoms with Crippen molar-refractivity contribution in [2.75, 3.05) is 6.54 Å². The Balaban J connectivity index is 1.67. The highest BCUT2D eigenvalue weighted by molar-refractivity contribution is 7.89. The Kier molecular flexibility index (Phi) is 4.22. The van der Waals surface area contributed by atoms with E-state index in [1.54, 1.807) is 30.2 Å². The molecule has 0 amide bonds. The molecule has 0 aliphatic carbocycles. The van der Waals surface area contributed by atoms with Crippen LogP contribution in [0, 0.1) is 0 Å². The van der Waals surface area contributed by atoms with E-state index in [-0.39, 0.29) is 11.6 Å². The largest absolute Gasteiger partial charge is 0.339 e. The minimum Gasteiger partial charge on any atom is -0.339 e. The molecule has 3 aromatic rings. The van der Waals surface area contributed by atoms with Gasteiger partial charge in [-0.15, -0.1) is 0 Å². The summed E-state index contributed by atoms with van der Waals surface area (Å²) in [5, 5.41) is 0.00980. The lowest BCUT2D eigenvalue weighted by atomic mass is 10.3. The second-order valence-corrected chi connectivity index (χ2v) is 6.65. The third kappa shape index (κ3) is 3.46. The average molecular weight is 332 g/mol. The van der Waals surface area contributed by atoms with Crippen molar-refractivity contribution in [1.29, 1.82) is 0 Å². The van der Waals surface area contributed by atoms with Crippen molar-refractivity contribution < 1.29 is 8.42 Å². The number of hydrogen-bond donors (Lipinski definition) is 1. The van der Waals surface area contributed by atoms with Crippen molar-refractivity contribution in [3.8, 4) is 11.5 Å². The van der Waals surface area contributed by atoms with E-state index in [1.165, 1.54) is 12.5 Å². The molecule has 0 aliphatic rings. The number of aromatic nitrogens is 5. The van der Waals surface area contributed by atoms with Crippen molar-refractivity contribution in [3.05, 3.63) is 49.3 Å². The molecule has 0 fully saturated rings. The summed E-state index contributed by atoms with van der Waals surface area (Å²) in [7, 11) is -1.88. The molecule has 0 aromatic carbocycles. The fourth-order valence-corrected chi connectivity index (χ4v) is 3.12. The summed E-state index contributed by atoms with van der Waals surface area (Å²) in [4.78, 5) is 12.4. The number of hydrogen-bond acceptors (Lipinski definition) is 5. The molecule has 0 spiro atoms. The van der Waals surface area contributed by atoms with Gasteiger partial charge in [-0.25, -0.2) is 23.1 Å². The topological polar surface area (TPSA) is 94.7 Å². The van der Waals surface area contributed by atoms with Gasteiger partial charge in [0.05, 0.1) is 6.33 Å². The Hall–Kier alpha value is -2.52. The van der Waals surface area contributed by atoms with E-state index in [4.69, 9.17) is 0 Å². The maximum Gasteiger partial charge on any atom is 0.259 e. The first-order valence-electron chi connectivity index (χ1n) is 6.96. The molecule has 0 radical (unpaired) electrons. The second-order valence-electron chi connectivity index (χ2n) is 4.93.